The molecule has 4 heteroatoms. The molecule has 0 bridgehead atoms. The Balaban J connectivity index is 2.46. The summed E-state index contributed by atoms with van der Waals surface area (Å²) < 4.78 is 0. The van der Waals surface area contributed by atoms with Gasteiger partial charge in [-0.05, 0) is 32.9 Å². The summed E-state index contributed by atoms with van der Waals surface area (Å²) >= 11 is 0. The van der Waals surface area contributed by atoms with Crippen molar-refractivity contribution in [3.63, 3.8) is 0 Å². The first-order chi connectivity index (χ1) is 5.75. The van der Waals surface area contributed by atoms with Crippen LogP contribution in [0, 0.1) is 0 Å². The summed E-state index contributed by atoms with van der Waals surface area (Å²) in [5.74, 6) is 0. The Bertz CT molecular complexity index is 154. The van der Waals surface area contributed by atoms with Crippen molar-refractivity contribution in [1.82, 2.24) is 10.2 Å². The molecule has 4 nitrogen and oxygen atoms in total. The minimum Gasteiger partial charge on any atom is -0.351 e. The van der Waals surface area contributed by atoms with E-state index >= 15 is 0 Å². The van der Waals surface area contributed by atoms with Gasteiger partial charge in [0, 0.05) is 12.6 Å². The van der Waals surface area contributed by atoms with E-state index in [9.17, 15) is 4.79 Å². The lowest BCUT2D eigenvalue weighted by Gasteiger charge is -2.32. The van der Waals surface area contributed by atoms with Gasteiger partial charge in [-0.15, -0.1) is 0 Å². The van der Waals surface area contributed by atoms with Crippen molar-refractivity contribution in [2.75, 3.05) is 19.6 Å². The minimum absolute atomic E-state index is 0.288. The van der Waals surface area contributed by atoms with Crippen molar-refractivity contribution in [3.8, 4) is 0 Å². The Labute approximate surface area is 73.1 Å². The van der Waals surface area contributed by atoms with Crippen LogP contribution in [0.25, 0.3) is 0 Å². The molecule has 0 aromatic rings. The van der Waals surface area contributed by atoms with Crippen LogP contribution in [0.1, 0.15) is 19.8 Å². The lowest BCUT2D eigenvalue weighted by molar-refractivity contribution is 0.171. The van der Waals surface area contributed by atoms with E-state index in [-0.39, 0.29) is 6.03 Å². The van der Waals surface area contributed by atoms with Gasteiger partial charge in [0.15, 0.2) is 0 Å². The van der Waals surface area contributed by atoms with Crippen LogP contribution >= 0.6 is 0 Å². The van der Waals surface area contributed by atoms with Crippen LogP contribution in [-0.2, 0) is 0 Å². The summed E-state index contributed by atoms with van der Waals surface area (Å²) in [7, 11) is 0. The molecule has 1 heterocycles. The van der Waals surface area contributed by atoms with Gasteiger partial charge in [0.1, 0.15) is 0 Å². The molecule has 0 aromatic heterocycles. The van der Waals surface area contributed by atoms with Crippen molar-refractivity contribution in [2.45, 2.75) is 25.8 Å². The smallest absolute Gasteiger partial charge is 0.315 e. The fourth-order valence-corrected chi connectivity index (χ4v) is 1.71. The zero-order valence-electron chi connectivity index (χ0n) is 7.55. The van der Waals surface area contributed by atoms with Gasteiger partial charge in [-0.2, -0.15) is 0 Å². The average molecular weight is 171 g/mol. The van der Waals surface area contributed by atoms with Crippen LogP contribution in [-0.4, -0.2) is 36.6 Å². The predicted octanol–water partition coefficient (Wildman–Crippen LogP) is 0.139. The number of hydrogen-bond acceptors (Lipinski definition) is 2. The number of nitrogens with zero attached hydrogens (tertiary/aromatic N) is 1. The normalized spacial score (nSPS) is 19.1. The van der Waals surface area contributed by atoms with Crippen molar-refractivity contribution < 1.29 is 4.79 Å². The molecule has 70 valence electrons. The van der Waals surface area contributed by atoms with Crippen LogP contribution in [0.5, 0.6) is 0 Å². The highest BCUT2D eigenvalue weighted by molar-refractivity contribution is 5.72. The van der Waals surface area contributed by atoms with E-state index in [4.69, 9.17) is 5.73 Å². The molecule has 3 N–H and O–H groups in total. The molecule has 0 saturated carbocycles. The molecule has 1 saturated heterocycles. The fraction of sp³-hybridized carbons (Fsp3) is 0.875. The molecule has 0 unspecified atom stereocenters. The molecule has 0 aromatic carbocycles. The summed E-state index contributed by atoms with van der Waals surface area (Å²) in [6.07, 6.45) is 2.05. The van der Waals surface area contributed by atoms with Crippen molar-refractivity contribution in [1.29, 1.82) is 0 Å². The lowest BCUT2D eigenvalue weighted by Crippen LogP contribution is -2.48. The van der Waals surface area contributed by atoms with Crippen LogP contribution in [0.4, 0.5) is 4.79 Å². The third-order valence-corrected chi connectivity index (χ3v) is 2.37. The van der Waals surface area contributed by atoms with Gasteiger partial charge in [0.2, 0.25) is 0 Å². The topological polar surface area (TPSA) is 58.4 Å². The van der Waals surface area contributed by atoms with Crippen LogP contribution in [0.3, 0.4) is 0 Å². The fourth-order valence-electron chi connectivity index (χ4n) is 1.71. The van der Waals surface area contributed by atoms with Crippen molar-refractivity contribution in [2.24, 2.45) is 5.73 Å². The molecule has 1 aliphatic heterocycles. The average Bonchev–Trinajstić information content (AvgIpc) is 2.07. The number of carbonyl (C=O) groups excluding carboxylic acids is 1. The van der Waals surface area contributed by atoms with E-state index in [0.29, 0.717) is 6.04 Å². The Kier molecular flexibility index (Phi) is 3.34. The third-order valence-electron chi connectivity index (χ3n) is 2.37. The van der Waals surface area contributed by atoms with Gasteiger partial charge < -0.3 is 16.0 Å². The quantitative estimate of drug-likeness (QED) is 0.621. The zero-order chi connectivity index (χ0) is 8.97. The number of primary amides is 1. The second-order valence-corrected chi connectivity index (χ2v) is 3.11. The summed E-state index contributed by atoms with van der Waals surface area (Å²) in [6, 6.07) is 0.0677. The van der Waals surface area contributed by atoms with Gasteiger partial charge >= 0.3 is 6.03 Å². The zero-order valence-corrected chi connectivity index (χ0v) is 7.55. The molecule has 1 aliphatic rings. The molecule has 0 atom stereocenters. The maximum atomic E-state index is 11.0. The van der Waals surface area contributed by atoms with E-state index in [1.165, 1.54) is 0 Å². The minimum atomic E-state index is -0.288. The standard InChI is InChI=1S/C8H17N3O/c1-2-11(8(9)12)7-3-5-10-6-4-7/h7,10H,2-6H2,1H3,(H2,9,12). The number of nitrogens with two attached hydrogens (primary N) is 1. The van der Waals surface area contributed by atoms with Gasteiger partial charge in [-0.25, -0.2) is 4.79 Å². The Morgan fingerprint density at radius 1 is 1.58 bits per heavy atom. The maximum absolute atomic E-state index is 11.0. The van der Waals surface area contributed by atoms with E-state index in [0.717, 1.165) is 32.5 Å². The number of rotatable bonds is 2. The molecular formula is C8H17N3O. The molecule has 2 amide bonds. The second kappa shape index (κ2) is 4.30. The predicted molar refractivity (Wildman–Crippen MR) is 47.9 cm³/mol. The maximum Gasteiger partial charge on any atom is 0.315 e. The van der Waals surface area contributed by atoms with Gasteiger partial charge in [0.05, 0.1) is 0 Å². The molecular weight excluding hydrogens is 154 g/mol. The van der Waals surface area contributed by atoms with E-state index < -0.39 is 0 Å². The molecule has 0 radical (unpaired) electrons. The number of urea groups is 1. The van der Waals surface area contributed by atoms with Crippen LogP contribution < -0.4 is 11.1 Å². The summed E-state index contributed by atoms with van der Waals surface area (Å²) in [6.45, 7) is 4.68. The Hall–Kier alpha value is -0.770. The number of piperidine rings is 1. The largest absolute Gasteiger partial charge is 0.351 e. The number of carbonyl (C=O) groups is 1. The highest BCUT2D eigenvalue weighted by atomic mass is 16.2. The van der Waals surface area contributed by atoms with Crippen LogP contribution in [0.2, 0.25) is 0 Å². The molecule has 12 heavy (non-hydrogen) atoms. The monoisotopic (exact) mass is 171 g/mol. The van der Waals surface area contributed by atoms with E-state index in [1.807, 2.05) is 6.92 Å². The first kappa shape index (κ1) is 9.32. The van der Waals surface area contributed by atoms with E-state index in [1.54, 1.807) is 4.90 Å². The van der Waals surface area contributed by atoms with E-state index in [2.05, 4.69) is 5.32 Å². The number of nitrogens with one attached hydrogen (secondary N) is 1. The van der Waals surface area contributed by atoms with Crippen molar-refractivity contribution in [3.05, 3.63) is 0 Å². The first-order valence-corrected chi connectivity index (χ1v) is 4.52. The van der Waals surface area contributed by atoms with Gasteiger partial charge in [-0.3, -0.25) is 0 Å². The molecule has 0 aliphatic carbocycles. The number of hydrogen-bond donors (Lipinski definition) is 2. The molecule has 0 spiro atoms. The van der Waals surface area contributed by atoms with Gasteiger partial charge in [0.25, 0.3) is 0 Å². The SMILES string of the molecule is CCN(C(N)=O)C1CCNCC1. The highest BCUT2D eigenvalue weighted by Gasteiger charge is 2.21. The lowest BCUT2D eigenvalue weighted by atomic mass is 10.1. The summed E-state index contributed by atoms with van der Waals surface area (Å²) in [4.78, 5) is 12.7. The molecule has 1 rings (SSSR count). The Morgan fingerprint density at radius 2 is 2.17 bits per heavy atom. The number of amides is 2. The van der Waals surface area contributed by atoms with Crippen LogP contribution in [0.15, 0.2) is 0 Å². The highest BCUT2D eigenvalue weighted by Crippen LogP contribution is 2.10. The second-order valence-electron chi connectivity index (χ2n) is 3.11. The summed E-state index contributed by atoms with van der Waals surface area (Å²) in [5.41, 5.74) is 5.24. The van der Waals surface area contributed by atoms with Gasteiger partial charge in [-0.1, -0.05) is 0 Å². The Morgan fingerprint density at radius 3 is 2.58 bits per heavy atom. The van der Waals surface area contributed by atoms with Crippen molar-refractivity contribution >= 4 is 6.03 Å². The molecule has 1 fully saturated rings. The summed E-state index contributed by atoms with van der Waals surface area (Å²) in [5, 5.41) is 3.25. The third kappa shape index (κ3) is 2.11. The first-order valence-electron chi connectivity index (χ1n) is 4.52.